The average molecular weight is 298 g/mol. The smallest absolute Gasteiger partial charge is 0.335 e. The predicted molar refractivity (Wildman–Crippen MR) is 74.9 cm³/mol. The van der Waals surface area contributed by atoms with Crippen LogP contribution in [-0.2, 0) is 10.0 Å². The van der Waals surface area contributed by atoms with Crippen molar-refractivity contribution in [3.05, 3.63) is 23.8 Å². The largest absolute Gasteiger partial charge is 0.478 e. The van der Waals surface area contributed by atoms with Crippen LogP contribution in [0.3, 0.4) is 0 Å². The van der Waals surface area contributed by atoms with Gasteiger partial charge in [-0.2, -0.15) is 0 Å². The highest BCUT2D eigenvalue weighted by molar-refractivity contribution is 7.89. The Morgan fingerprint density at radius 1 is 1.50 bits per heavy atom. The van der Waals surface area contributed by atoms with Crippen LogP contribution in [0.5, 0.6) is 0 Å². The molecule has 1 saturated carbocycles. The number of carbonyl (C=O) groups is 1. The zero-order chi connectivity index (χ0) is 15.1. The summed E-state index contributed by atoms with van der Waals surface area (Å²) in [6.07, 6.45) is 1.04. The van der Waals surface area contributed by atoms with Crippen molar-refractivity contribution in [3.63, 3.8) is 0 Å². The van der Waals surface area contributed by atoms with Gasteiger partial charge in [-0.1, -0.05) is 6.92 Å². The highest BCUT2D eigenvalue weighted by atomic mass is 32.2. The highest BCUT2D eigenvalue weighted by Crippen LogP contribution is 2.39. The number of nitrogens with two attached hydrogens (primary N) is 1. The molecule has 0 saturated heterocycles. The number of hydrogen-bond acceptors (Lipinski definition) is 4. The molecule has 0 amide bonds. The molecule has 1 aromatic rings. The van der Waals surface area contributed by atoms with Crippen molar-refractivity contribution in [1.29, 1.82) is 0 Å². The number of rotatable bonds is 5. The molecule has 1 aromatic carbocycles. The van der Waals surface area contributed by atoms with E-state index >= 15 is 0 Å². The standard InChI is InChI=1S/C13H18N2O4S/c1-8-5-10(8)7-15(2)20(18,19)12-4-3-9(13(16)17)6-11(12)14/h3-4,6,8,10H,5,7,14H2,1-2H3,(H,16,17). The molecule has 2 unspecified atom stereocenters. The number of carboxylic acids is 1. The average Bonchev–Trinajstić information content (AvgIpc) is 3.04. The molecule has 2 rings (SSSR count). The van der Waals surface area contributed by atoms with Gasteiger partial charge in [0.15, 0.2) is 0 Å². The number of benzene rings is 1. The highest BCUT2D eigenvalue weighted by Gasteiger charge is 2.36. The third-order valence-electron chi connectivity index (χ3n) is 3.71. The van der Waals surface area contributed by atoms with Crippen LogP contribution in [0.25, 0.3) is 0 Å². The lowest BCUT2D eigenvalue weighted by Crippen LogP contribution is -2.30. The monoisotopic (exact) mass is 298 g/mol. The number of sulfonamides is 1. The van der Waals surface area contributed by atoms with Crippen LogP contribution in [0.15, 0.2) is 23.1 Å². The molecule has 0 radical (unpaired) electrons. The van der Waals surface area contributed by atoms with Gasteiger partial charge in [-0.25, -0.2) is 17.5 Å². The van der Waals surface area contributed by atoms with Gasteiger partial charge in [-0.05, 0) is 36.5 Å². The van der Waals surface area contributed by atoms with Gasteiger partial charge in [-0.3, -0.25) is 0 Å². The van der Waals surface area contributed by atoms with E-state index in [2.05, 4.69) is 6.92 Å². The van der Waals surface area contributed by atoms with E-state index in [-0.39, 0.29) is 16.1 Å². The van der Waals surface area contributed by atoms with Gasteiger partial charge in [0, 0.05) is 13.6 Å². The first kappa shape index (κ1) is 14.8. The summed E-state index contributed by atoms with van der Waals surface area (Å²) in [6, 6.07) is 3.67. The van der Waals surface area contributed by atoms with Crippen LogP contribution in [-0.4, -0.2) is 37.4 Å². The number of carboxylic acid groups (broad SMARTS) is 1. The third-order valence-corrected chi connectivity index (χ3v) is 5.61. The third kappa shape index (κ3) is 2.78. The molecule has 0 aliphatic heterocycles. The zero-order valence-electron chi connectivity index (χ0n) is 11.4. The van der Waals surface area contributed by atoms with E-state index < -0.39 is 16.0 Å². The van der Waals surface area contributed by atoms with Crippen LogP contribution in [0.2, 0.25) is 0 Å². The maximum absolute atomic E-state index is 12.4. The second-order valence-electron chi connectivity index (χ2n) is 5.32. The Balaban J connectivity index is 2.27. The van der Waals surface area contributed by atoms with E-state index in [0.29, 0.717) is 18.4 Å². The lowest BCUT2D eigenvalue weighted by Gasteiger charge is -2.18. The van der Waals surface area contributed by atoms with Crippen molar-refractivity contribution in [2.24, 2.45) is 11.8 Å². The lowest BCUT2D eigenvalue weighted by atomic mass is 10.2. The van der Waals surface area contributed by atoms with Crippen molar-refractivity contribution < 1.29 is 18.3 Å². The number of nitrogen functional groups attached to an aromatic ring is 1. The van der Waals surface area contributed by atoms with Crippen LogP contribution in [0, 0.1) is 11.8 Å². The summed E-state index contributed by atoms with van der Waals surface area (Å²) in [7, 11) is -2.16. The Labute approximate surface area is 118 Å². The fraction of sp³-hybridized carbons (Fsp3) is 0.462. The Morgan fingerprint density at radius 3 is 2.55 bits per heavy atom. The summed E-state index contributed by atoms with van der Waals surface area (Å²) < 4.78 is 26.1. The molecule has 0 aromatic heterocycles. The Hall–Kier alpha value is -1.60. The molecule has 2 atom stereocenters. The molecular formula is C13H18N2O4S. The maximum atomic E-state index is 12.4. The molecule has 3 N–H and O–H groups in total. The summed E-state index contributed by atoms with van der Waals surface area (Å²) in [4.78, 5) is 10.8. The van der Waals surface area contributed by atoms with Gasteiger partial charge in [0.05, 0.1) is 11.3 Å². The Kier molecular flexibility index (Phi) is 3.75. The normalized spacial score (nSPS) is 21.9. The van der Waals surface area contributed by atoms with Crippen LogP contribution >= 0.6 is 0 Å². The Morgan fingerprint density at radius 2 is 2.10 bits per heavy atom. The fourth-order valence-electron chi connectivity index (χ4n) is 2.17. The van der Waals surface area contributed by atoms with Crippen molar-refractivity contribution in [1.82, 2.24) is 4.31 Å². The number of nitrogens with zero attached hydrogens (tertiary/aromatic N) is 1. The summed E-state index contributed by atoms with van der Waals surface area (Å²) in [6.45, 7) is 2.55. The molecule has 1 fully saturated rings. The molecule has 7 heteroatoms. The molecule has 6 nitrogen and oxygen atoms in total. The minimum absolute atomic E-state index is 0.0279. The summed E-state index contributed by atoms with van der Waals surface area (Å²) in [5.74, 6) is -0.186. The molecular weight excluding hydrogens is 280 g/mol. The SMILES string of the molecule is CC1CC1CN(C)S(=O)(=O)c1ccc(C(=O)O)cc1N. The van der Waals surface area contributed by atoms with Crippen LogP contribution in [0.1, 0.15) is 23.7 Å². The predicted octanol–water partition coefficient (Wildman–Crippen LogP) is 1.24. The maximum Gasteiger partial charge on any atom is 0.335 e. The van der Waals surface area contributed by atoms with Gasteiger partial charge in [0.1, 0.15) is 4.90 Å². The fourth-order valence-corrected chi connectivity index (χ4v) is 3.49. The molecule has 1 aliphatic rings. The first-order chi connectivity index (χ1) is 9.23. The summed E-state index contributed by atoms with van der Waals surface area (Å²) in [5.41, 5.74) is 5.62. The van der Waals surface area contributed by atoms with Crippen molar-refractivity contribution >= 4 is 21.7 Å². The van der Waals surface area contributed by atoms with E-state index in [9.17, 15) is 13.2 Å². The summed E-state index contributed by atoms with van der Waals surface area (Å²) >= 11 is 0. The van der Waals surface area contributed by atoms with Gasteiger partial charge < -0.3 is 10.8 Å². The lowest BCUT2D eigenvalue weighted by molar-refractivity contribution is 0.0697. The number of aromatic carboxylic acids is 1. The zero-order valence-corrected chi connectivity index (χ0v) is 12.2. The van der Waals surface area contributed by atoms with Crippen molar-refractivity contribution in [2.75, 3.05) is 19.3 Å². The molecule has 1 aliphatic carbocycles. The van der Waals surface area contributed by atoms with Gasteiger partial charge in [0.2, 0.25) is 10.0 Å². The van der Waals surface area contributed by atoms with Gasteiger partial charge >= 0.3 is 5.97 Å². The van der Waals surface area contributed by atoms with E-state index in [1.807, 2.05) is 0 Å². The molecule has 110 valence electrons. The minimum Gasteiger partial charge on any atom is -0.478 e. The summed E-state index contributed by atoms with van der Waals surface area (Å²) in [5, 5.41) is 8.85. The molecule has 0 bridgehead atoms. The second kappa shape index (κ2) is 5.06. The minimum atomic E-state index is -3.68. The van der Waals surface area contributed by atoms with Crippen LogP contribution in [0.4, 0.5) is 5.69 Å². The molecule has 0 heterocycles. The van der Waals surface area contributed by atoms with Crippen LogP contribution < -0.4 is 5.73 Å². The van der Waals surface area contributed by atoms with Gasteiger partial charge in [-0.15, -0.1) is 0 Å². The molecule has 20 heavy (non-hydrogen) atoms. The first-order valence-electron chi connectivity index (χ1n) is 6.32. The molecule has 0 spiro atoms. The number of anilines is 1. The van der Waals surface area contributed by atoms with Gasteiger partial charge in [0.25, 0.3) is 0 Å². The quantitative estimate of drug-likeness (QED) is 0.797. The second-order valence-corrected chi connectivity index (χ2v) is 7.33. The first-order valence-corrected chi connectivity index (χ1v) is 7.76. The van der Waals surface area contributed by atoms with Crippen molar-refractivity contribution in [2.45, 2.75) is 18.2 Å². The van der Waals surface area contributed by atoms with Crippen molar-refractivity contribution in [3.8, 4) is 0 Å². The van der Waals surface area contributed by atoms with E-state index in [4.69, 9.17) is 10.8 Å². The Bertz CT molecular complexity index is 642. The van der Waals surface area contributed by atoms with E-state index in [1.165, 1.54) is 29.6 Å². The number of hydrogen-bond donors (Lipinski definition) is 2. The van der Waals surface area contributed by atoms with E-state index in [0.717, 1.165) is 6.42 Å². The topological polar surface area (TPSA) is 101 Å². The van der Waals surface area contributed by atoms with E-state index in [1.54, 1.807) is 0 Å².